The Morgan fingerprint density at radius 3 is 3.00 bits per heavy atom. The number of nitrogens with two attached hydrogens (primary N) is 1. The molecule has 0 spiro atoms. The Bertz CT molecular complexity index is 584. The van der Waals surface area contributed by atoms with Crippen molar-refractivity contribution >= 4 is 35.0 Å². The number of hydrogen-bond acceptors (Lipinski definition) is 3. The highest BCUT2D eigenvalue weighted by atomic mass is 32.1. The summed E-state index contributed by atoms with van der Waals surface area (Å²) in [6.07, 6.45) is 3.97. The van der Waals surface area contributed by atoms with E-state index < -0.39 is 0 Å². The zero-order chi connectivity index (χ0) is 10.8. The average molecular weight is 217 g/mol. The van der Waals surface area contributed by atoms with Gasteiger partial charge < -0.3 is 10.7 Å². The van der Waals surface area contributed by atoms with Gasteiger partial charge in [0.05, 0.1) is 5.52 Å². The number of benzene rings is 1. The molecule has 0 bridgehead atoms. The zero-order valence-corrected chi connectivity index (χ0v) is 9.14. The van der Waals surface area contributed by atoms with Gasteiger partial charge in [0.2, 0.25) is 0 Å². The lowest BCUT2D eigenvalue weighted by molar-refractivity contribution is 1.19. The van der Waals surface area contributed by atoms with Gasteiger partial charge >= 0.3 is 0 Å². The molecule has 3 N–H and O–H groups in total. The Morgan fingerprint density at radius 2 is 2.27 bits per heavy atom. The van der Waals surface area contributed by atoms with Gasteiger partial charge in [-0.3, -0.25) is 0 Å². The molecule has 1 aromatic carbocycles. The summed E-state index contributed by atoms with van der Waals surface area (Å²) in [5.41, 5.74) is 7.82. The molecular formula is C11H11N3S. The topological polar surface area (TPSA) is 54.7 Å². The second kappa shape index (κ2) is 3.82. The fourth-order valence-electron chi connectivity index (χ4n) is 1.59. The predicted octanol–water partition coefficient (Wildman–Crippen LogP) is 2.91. The summed E-state index contributed by atoms with van der Waals surface area (Å²) >= 11 is 4.97. The molecule has 2 rings (SSSR count). The third-order valence-electron chi connectivity index (χ3n) is 2.16. The Kier molecular flexibility index (Phi) is 2.51. The lowest BCUT2D eigenvalue weighted by atomic mass is 10.1. The van der Waals surface area contributed by atoms with Crippen molar-refractivity contribution in [2.75, 3.05) is 5.73 Å². The molecule has 0 atom stereocenters. The molecule has 0 unspecified atom stereocenters. The number of fused-ring (bicyclic) bond motifs is 1. The van der Waals surface area contributed by atoms with Crippen LogP contribution in [0.3, 0.4) is 0 Å². The first kappa shape index (κ1) is 9.86. The van der Waals surface area contributed by atoms with Crippen molar-refractivity contribution in [3.8, 4) is 0 Å². The number of nitrogens with zero attached hydrogens (tertiary/aromatic N) is 1. The van der Waals surface area contributed by atoms with Crippen LogP contribution in [0.4, 0.5) is 5.82 Å². The van der Waals surface area contributed by atoms with Crippen molar-refractivity contribution < 1.29 is 0 Å². The Labute approximate surface area is 92.7 Å². The second-order valence-electron chi connectivity index (χ2n) is 3.20. The maximum Gasteiger partial charge on any atom is 0.199 e. The summed E-state index contributed by atoms with van der Waals surface area (Å²) in [6.45, 7) is 1.97. The van der Waals surface area contributed by atoms with Gasteiger partial charge in [0.1, 0.15) is 5.82 Å². The normalized spacial score (nSPS) is 11.3. The fraction of sp³-hybridized carbons (Fsp3) is 0.0909. The summed E-state index contributed by atoms with van der Waals surface area (Å²) in [7, 11) is 0. The number of aromatic amines is 1. The highest BCUT2D eigenvalue weighted by Gasteiger charge is 2.03. The van der Waals surface area contributed by atoms with E-state index >= 15 is 0 Å². The molecule has 0 amide bonds. The third-order valence-corrected chi connectivity index (χ3v) is 2.36. The highest BCUT2D eigenvalue weighted by Crippen LogP contribution is 2.22. The zero-order valence-electron chi connectivity index (χ0n) is 8.32. The van der Waals surface area contributed by atoms with Crippen LogP contribution in [0.5, 0.6) is 0 Å². The first-order valence-electron chi connectivity index (χ1n) is 4.63. The number of rotatable bonds is 1. The van der Waals surface area contributed by atoms with Gasteiger partial charge in [0.25, 0.3) is 0 Å². The quantitative estimate of drug-likeness (QED) is 0.722. The molecule has 0 fully saturated rings. The van der Waals surface area contributed by atoms with Crippen molar-refractivity contribution in [2.24, 2.45) is 0 Å². The number of aromatic nitrogens is 2. The van der Waals surface area contributed by atoms with E-state index in [1.54, 1.807) is 0 Å². The van der Waals surface area contributed by atoms with Gasteiger partial charge in [-0.05, 0) is 30.8 Å². The van der Waals surface area contributed by atoms with E-state index in [4.69, 9.17) is 18.0 Å². The minimum Gasteiger partial charge on any atom is -0.383 e. The van der Waals surface area contributed by atoms with Gasteiger partial charge in [-0.2, -0.15) is 0 Å². The van der Waals surface area contributed by atoms with E-state index in [0.717, 1.165) is 16.5 Å². The Hall–Kier alpha value is -1.68. The molecule has 2 aromatic rings. The van der Waals surface area contributed by atoms with Crippen molar-refractivity contribution in [1.82, 2.24) is 9.97 Å². The number of hydrogen-bond donors (Lipinski definition) is 2. The molecule has 0 saturated carbocycles. The maximum absolute atomic E-state index is 5.86. The number of nitrogens with one attached hydrogen (secondary N) is 1. The minimum absolute atomic E-state index is 0.414. The minimum atomic E-state index is 0.414. The SMILES string of the molecule is C/C=C/c1cccc2[nH]c(=S)nc(N)c12. The van der Waals surface area contributed by atoms with Crippen LogP contribution in [-0.2, 0) is 0 Å². The largest absolute Gasteiger partial charge is 0.383 e. The summed E-state index contributed by atoms with van der Waals surface area (Å²) < 4.78 is 0.414. The molecule has 0 aliphatic heterocycles. The van der Waals surface area contributed by atoms with Crippen LogP contribution in [0.25, 0.3) is 17.0 Å². The molecule has 0 aliphatic rings. The lowest BCUT2D eigenvalue weighted by Crippen LogP contribution is -1.96. The van der Waals surface area contributed by atoms with E-state index in [1.165, 1.54) is 0 Å². The maximum atomic E-state index is 5.86. The molecule has 1 aromatic heterocycles. The van der Waals surface area contributed by atoms with Gasteiger partial charge in [-0.15, -0.1) is 0 Å². The third kappa shape index (κ3) is 1.76. The van der Waals surface area contributed by atoms with Gasteiger partial charge in [-0.1, -0.05) is 24.3 Å². The van der Waals surface area contributed by atoms with Crippen LogP contribution in [0, 0.1) is 4.77 Å². The van der Waals surface area contributed by atoms with Crippen LogP contribution in [0.1, 0.15) is 12.5 Å². The average Bonchev–Trinajstić information content (AvgIpc) is 2.17. The molecule has 76 valence electrons. The molecule has 0 radical (unpaired) electrons. The Morgan fingerprint density at radius 1 is 1.47 bits per heavy atom. The molecule has 15 heavy (non-hydrogen) atoms. The van der Waals surface area contributed by atoms with Crippen LogP contribution in [-0.4, -0.2) is 9.97 Å². The molecule has 3 nitrogen and oxygen atoms in total. The molecule has 0 aliphatic carbocycles. The number of nitrogen functional groups attached to an aromatic ring is 1. The van der Waals surface area contributed by atoms with E-state index in [0.29, 0.717) is 10.6 Å². The van der Waals surface area contributed by atoms with E-state index in [2.05, 4.69) is 9.97 Å². The predicted molar refractivity (Wildman–Crippen MR) is 66.0 cm³/mol. The first-order chi connectivity index (χ1) is 7.22. The van der Waals surface area contributed by atoms with E-state index in [1.807, 2.05) is 37.3 Å². The number of anilines is 1. The fourth-order valence-corrected chi connectivity index (χ4v) is 1.80. The van der Waals surface area contributed by atoms with Crippen molar-refractivity contribution in [3.63, 3.8) is 0 Å². The standard InChI is InChI=1S/C11H11N3S/c1-2-4-7-5-3-6-8-9(7)10(12)14-11(15)13-8/h2-6H,1H3,(H3,12,13,14,15)/b4-2+. The first-order valence-corrected chi connectivity index (χ1v) is 5.04. The molecular weight excluding hydrogens is 206 g/mol. The van der Waals surface area contributed by atoms with Crippen LogP contribution >= 0.6 is 12.2 Å². The van der Waals surface area contributed by atoms with E-state index in [-0.39, 0.29) is 0 Å². The van der Waals surface area contributed by atoms with Crippen molar-refractivity contribution in [2.45, 2.75) is 6.92 Å². The number of H-pyrrole nitrogens is 1. The second-order valence-corrected chi connectivity index (χ2v) is 3.58. The molecule has 4 heteroatoms. The summed E-state index contributed by atoms with van der Waals surface area (Å²) in [6, 6.07) is 5.90. The summed E-state index contributed by atoms with van der Waals surface area (Å²) in [5, 5.41) is 0.921. The highest BCUT2D eigenvalue weighted by molar-refractivity contribution is 7.71. The molecule has 1 heterocycles. The van der Waals surface area contributed by atoms with Gasteiger partial charge in [-0.25, -0.2) is 4.98 Å². The monoisotopic (exact) mass is 217 g/mol. The van der Waals surface area contributed by atoms with Crippen LogP contribution in [0.2, 0.25) is 0 Å². The lowest BCUT2D eigenvalue weighted by Gasteiger charge is -2.04. The van der Waals surface area contributed by atoms with Crippen LogP contribution < -0.4 is 5.73 Å². The van der Waals surface area contributed by atoms with Crippen molar-refractivity contribution in [3.05, 3.63) is 34.6 Å². The van der Waals surface area contributed by atoms with Gasteiger partial charge in [0, 0.05) is 5.39 Å². The smallest absolute Gasteiger partial charge is 0.199 e. The van der Waals surface area contributed by atoms with E-state index in [9.17, 15) is 0 Å². The van der Waals surface area contributed by atoms with Crippen molar-refractivity contribution in [1.29, 1.82) is 0 Å². The Balaban J connectivity index is 2.91. The van der Waals surface area contributed by atoms with Crippen LogP contribution in [0.15, 0.2) is 24.3 Å². The van der Waals surface area contributed by atoms with Gasteiger partial charge in [0.15, 0.2) is 4.77 Å². The summed E-state index contributed by atoms with van der Waals surface area (Å²) in [4.78, 5) is 7.07. The molecule has 0 saturated heterocycles. The number of allylic oxidation sites excluding steroid dienone is 1. The summed E-state index contributed by atoms with van der Waals surface area (Å²) in [5.74, 6) is 0.474.